The highest BCUT2D eigenvalue weighted by molar-refractivity contribution is 5.93. The molecule has 0 bridgehead atoms. The standard InChI is InChI=1S/C17H26N4O3/c1-4-24-17(23)21-9-6-13(7-10-21)20-14-5-8-18-15(11-14)16(22)19-12(2)3/h5,8,11-13H,4,6-7,9-10H2,1-3H3,(H,18,20)(H,19,22). The van der Waals surface area contributed by atoms with Gasteiger partial charge in [-0.3, -0.25) is 9.78 Å². The first-order valence-electron chi connectivity index (χ1n) is 8.44. The third-order valence-corrected chi connectivity index (χ3v) is 3.80. The summed E-state index contributed by atoms with van der Waals surface area (Å²) in [6.07, 6.45) is 3.07. The molecular formula is C17H26N4O3. The molecule has 0 spiro atoms. The maximum absolute atomic E-state index is 12.0. The number of aromatic nitrogens is 1. The summed E-state index contributed by atoms with van der Waals surface area (Å²) in [5, 5.41) is 6.25. The van der Waals surface area contributed by atoms with Crippen molar-refractivity contribution in [2.45, 2.75) is 45.7 Å². The Bertz CT molecular complexity index is 569. The lowest BCUT2D eigenvalue weighted by Crippen LogP contribution is -2.42. The van der Waals surface area contributed by atoms with E-state index in [1.807, 2.05) is 26.8 Å². The molecule has 2 N–H and O–H groups in total. The first-order chi connectivity index (χ1) is 11.5. The second kappa shape index (κ2) is 8.52. The van der Waals surface area contributed by atoms with Gasteiger partial charge in [0.25, 0.3) is 5.91 Å². The van der Waals surface area contributed by atoms with Crippen LogP contribution in [0.1, 0.15) is 44.1 Å². The van der Waals surface area contributed by atoms with Crippen molar-refractivity contribution < 1.29 is 14.3 Å². The number of pyridine rings is 1. The molecule has 0 aliphatic carbocycles. The number of nitrogens with zero attached hydrogens (tertiary/aromatic N) is 2. The molecule has 2 rings (SSSR count). The van der Waals surface area contributed by atoms with Crippen molar-refractivity contribution >= 4 is 17.7 Å². The van der Waals surface area contributed by atoms with E-state index in [9.17, 15) is 9.59 Å². The van der Waals surface area contributed by atoms with Gasteiger partial charge < -0.3 is 20.3 Å². The fraction of sp³-hybridized carbons (Fsp3) is 0.588. The minimum absolute atomic E-state index is 0.0723. The summed E-state index contributed by atoms with van der Waals surface area (Å²) in [6.45, 7) is 7.37. The fourth-order valence-corrected chi connectivity index (χ4v) is 2.64. The average Bonchev–Trinajstić information content (AvgIpc) is 2.55. The van der Waals surface area contributed by atoms with Crippen LogP contribution < -0.4 is 10.6 Å². The number of hydrogen-bond acceptors (Lipinski definition) is 5. The van der Waals surface area contributed by atoms with E-state index in [4.69, 9.17) is 4.74 Å². The minimum atomic E-state index is -0.243. The van der Waals surface area contributed by atoms with E-state index < -0.39 is 0 Å². The van der Waals surface area contributed by atoms with Crippen LogP contribution in [0.3, 0.4) is 0 Å². The molecule has 0 radical (unpaired) electrons. The first-order valence-corrected chi connectivity index (χ1v) is 8.44. The zero-order chi connectivity index (χ0) is 17.5. The predicted molar refractivity (Wildman–Crippen MR) is 92.1 cm³/mol. The van der Waals surface area contributed by atoms with Crippen LogP contribution in [0, 0.1) is 0 Å². The summed E-state index contributed by atoms with van der Waals surface area (Å²) in [5.41, 5.74) is 1.27. The van der Waals surface area contributed by atoms with Crippen molar-refractivity contribution in [2.24, 2.45) is 0 Å². The molecule has 1 saturated heterocycles. The Balaban J connectivity index is 1.89. The monoisotopic (exact) mass is 334 g/mol. The number of ether oxygens (including phenoxy) is 1. The van der Waals surface area contributed by atoms with Gasteiger partial charge in [-0.2, -0.15) is 0 Å². The molecule has 0 saturated carbocycles. The van der Waals surface area contributed by atoms with Crippen LogP contribution in [0.15, 0.2) is 18.3 Å². The Morgan fingerprint density at radius 3 is 2.71 bits per heavy atom. The highest BCUT2D eigenvalue weighted by atomic mass is 16.6. The van der Waals surface area contributed by atoms with E-state index in [1.54, 1.807) is 17.2 Å². The largest absolute Gasteiger partial charge is 0.450 e. The highest BCUT2D eigenvalue weighted by Crippen LogP contribution is 2.17. The Morgan fingerprint density at radius 1 is 1.38 bits per heavy atom. The van der Waals surface area contributed by atoms with E-state index in [0.29, 0.717) is 25.4 Å². The number of likely N-dealkylation sites (tertiary alicyclic amines) is 1. The lowest BCUT2D eigenvalue weighted by molar-refractivity contribution is 0.0936. The molecule has 1 aliphatic rings. The Hall–Kier alpha value is -2.31. The smallest absolute Gasteiger partial charge is 0.409 e. The molecule has 1 aromatic heterocycles. The third kappa shape index (κ3) is 5.11. The summed E-state index contributed by atoms with van der Waals surface area (Å²) >= 11 is 0. The van der Waals surface area contributed by atoms with Crippen molar-refractivity contribution in [1.82, 2.24) is 15.2 Å². The summed E-state index contributed by atoms with van der Waals surface area (Å²) in [5.74, 6) is -0.175. The van der Waals surface area contributed by atoms with Crippen LogP contribution >= 0.6 is 0 Å². The van der Waals surface area contributed by atoms with E-state index in [2.05, 4.69) is 15.6 Å². The van der Waals surface area contributed by atoms with Gasteiger partial charge in [-0.05, 0) is 45.7 Å². The Labute approximate surface area is 142 Å². The van der Waals surface area contributed by atoms with E-state index >= 15 is 0 Å². The van der Waals surface area contributed by atoms with Crippen molar-refractivity contribution in [1.29, 1.82) is 0 Å². The van der Waals surface area contributed by atoms with E-state index in [0.717, 1.165) is 18.5 Å². The lowest BCUT2D eigenvalue weighted by Gasteiger charge is -2.32. The molecule has 1 aromatic rings. The molecule has 0 unspecified atom stereocenters. The lowest BCUT2D eigenvalue weighted by atomic mass is 10.1. The average molecular weight is 334 g/mol. The fourth-order valence-electron chi connectivity index (χ4n) is 2.64. The quantitative estimate of drug-likeness (QED) is 0.863. The number of hydrogen-bond donors (Lipinski definition) is 2. The molecule has 7 nitrogen and oxygen atoms in total. The summed E-state index contributed by atoms with van der Waals surface area (Å²) < 4.78 is 5.02. The summed E-state index contributed by atoms with van der Waals surface area (Å²) in [6, 6.07) is 3.95. The zero-order valence-corrected chi connectivity index (χ0v) is 14.5. The minimum Gasteiger partial charge on any atom is -0.450 e. The summed E-state index contributed by atoms with van der Waals surface area (Å²) in [7, 11) is 0. The van der Waals surface area contributed by atoms with E-state index in [-0.39, 0.29) is 24.1 Å². The van der Waals surface area contributed by atoms with Crippen molar-refractivity contribution in [3.05, 3.63) is 24.0 Å². The third-order valence-electron chi connectivity index (χ3n) is 3.80. The zero-order valence-electron chi connectivity index (χ0n) is 14.5. The van der Waals surface area contributed by atoms with Gasteiger partial charge in [0.1, 0.15) is 5.69 Å². The van der Waals surface area contributed by atoms with Gasteiger partial charge in [0.05, 0.1) is 6.61 Å². The number of anilines is 1. The number of amides is 2. The van der Waals surface area contributed by atoms with Crippen LogP contribution in [0.5, 0.6) is 0 Å². The molecule has 2 heterocycles. The normalized spacial score (nSPS) is 15.2. The molecule has 2 amide bonds. The number of carbonyl (C=O) groups is 2. The molecule has 132 valence electrons. The Morgan fingerprint density at radius 2 is 2.08 bits per heavy atom. The van der Waals surface area contributed by atoms with Gasteiger partial charge in [0.2, 0.25) is 0 Å². The molecule has 7 heteroatoms. The molecular weight excluding hydrogens is 308 g/mol. The first kappa shape index (κ1) is 18.0. The van der Waals surface area contributed by atoms with E-state index in [1.165, 1.54) is 0 Å². The predicted octanol–water partition coefficient (Wildman–Crippen LogP) is 2.25. The number of carbonyl (C=O) groups excluding carboxylic acids is 2. The maximum Gasteiger partial charge on any atom is 0.409 e. The second-order valence-corrected chi connectivity index (χ2v) is 6.16. The van der Waals surface area contributed by atoms with Gasteiger partial charge in [0.15, 0.2) is 0 Å². The van der Waals surface area contributed by atoms with Crippen molar-refractivity contribution in [3.8, 4) is 0 Å². The van der Waals surface area contributed by atoms with Gasteiger partial charge in [-0.25, -0.2) is 4.79 Å². The topological polar surface area (TPSA) is 83.6 Å². The van der Waals surface area contributed by atoms with Crippen LogP contribution in [-0.2, 0) is 4.74 Å². The second-order valence-electron chi connectivity index (χ2n) is 6.16. The van der Waals surface area contributed by atoms with Crippen molar-refractivity contribution in [3.63, 3.8) is 0 Å². The van der Waals surface area contributed by atoms with Crippen LogP contribution in [0.4, 0.5) is 10.5 Å². The Kier molecular flexibility index (Phi) is 6.40. The molecule has 1 fully saturated rings. The highest BCUT2D eigenvalue weighted by Gasteiger charge is 2.23. The van der Waals surface area contributed by atoms with Crippen LogP contribution in [-0.4, -0.2) is 53.7 Å². The van der Waals surface area contributed by atoms with Gasteiger partial charge in [0, 0.05) is 37.1 Å². The SMILES string of the molecule is CCOC(=O)N1CCC(Nc2ccnc(C(=O)NC(C)C)c2)CC1. The molecule has 0 aromatic carbocycles. The maximum atomic E-state index is 12.0. The molecule has 0 atom stereocenters. The number of rotatable bonds is 5. The van der Waals surface area contributed by atoms with Crippen molar-refractivity contribution in [2.75, 3.05) is 25.0 Å². The molecule has 1 aliphatic heterocycles. The van der Waals surface area contributed by atoms with Crippen LogP contribution in [0.2, 0.25) is 0 Å². The summed E-state index contributed by atoms with van der Waals surface area (Å²) in [4.78, 5) is 29.6. The molecule has 24 heavy (non-hydrogen) atoms. The number of piperidine rings is 1. The van der Waals surface area contributed by atoms with Crippen LogP contribution in [0.25, 0.3) is 0 Å². The number of nitrogens with one attached hydrogen (secondary N) is 2. The van der Waals surface area contributed by atoms with Gasteiger partial charge in [-0.15, -0.1) is 0 Å². The van der Waals surface area contributed by atoms with Gasteiger partial charge in [-0.1, -0.05) is 0 Å². The van der Waals surface area contributed by atoms with Gasteiger partial charge >= 0.3 is 6.09 Å².